The van der Waals surface area contributed by atoms with Crippen molar-refractivity contribution in [1.82, 2.24) is 9.97 Å². The molecule has 1 heterocycles. The molecule has 0 saturated heterocycles. The largest absolute Gasteiger partial charge is 0.399 e. The second-order valence-corrected chi connectivity index (χ2v) is 5.77. The van der Waals surface area contributed by atoms with Crippen LogP contribution < -0.4 is 11.1 Å². The van der Waals surface area contributed by atoms with Gasteiger partial charge in [0.1, 0.15) is 17.2 Å². The van der Waals surface area contributed by atoms with Crippen molar-refractivity contribution in [2.45, 2.75) is 22.8 Å². The Balaban J connectivity index is 1.70. The lowest BCUT2D eigenvalue weighted by Gasteiger charge is -2.05. The summed E-state index contributed by atoms with van der Waals surface area (Å²) in [5, 5.41) is 3.60. The van der Waals surface area contributed by atoms with Crippen LogP contribution in [0.5, 0.6) is 0 Å². The zero-order chi connectivity index (χ0) is 13.9. The number of nitrogens with zero attached hydrogens (tertiary/aromatic N) is 2. The molecule has 1 aliphatic rings. The van der Waals surface area contributed by atoms with E-state index in [1.807, 2.05) is 24.3 Å². The van der Waals surface area contributed by atoms with Crippen molar-refractivity contribution < 1.29 is 4.79 Å². The molecule has 20 heavy (non-hydrogen) atoms. The van der Waals surface area contributed by atoms with Crippen LogP contribution in [0.2, 0.25) is 0 Å². The number of hydrogen-bond acceptors (Lipinski definition) is 5. The number of hydrogen-bond donors (Lipinski definition) is 2. The molecule has 1 fully saturated rings. The number of carbonyl (C=O) groups excluding carboxylic acids is 1. The second-order valence-electron chi connectivity index (χ2n) is 4.68. The molecule has 0 atom stereocenters. The zero-order valence-corrected chi connectivity index (χ0v) is 11.6. The Morgan fingerprint density at radius 2 is 2.00 bits per heavy atom. The first kappa shape index (κ1) is 12.9. The maximum atomic E-state index is 11.7. The first-order valence-electron chi connectivity index (χ1n) is 6.37. The Morgan fingerprint density at radius 3 is 2.70 bits per heavy atom. The topological polar surface area (TPSA) is 80.9 Å². The van der Waals surface area contributed by atoms with Gasteiger partial charge in [-0.25, -0.2) is 9.97 Å². The van der Waals surface area contributed by atoms with Crippen molar-refractivity contribution >= 4 is 29.2 Å². The number of aromatic nitrogens is 2. The fourth-order valence-electron chi connectivity index (χ4n) is 1.69. The van der Waals surface area contributed by atoms with E-state index in [2.05, 4.69) is 15.3 Å². The van der Waals surface area contributed by atoms with Crippen molar-refractivity contribution in [3.63, 3.8) is 0 Å². The molecule has 1 aliphatic carbocycles. The van der Waals surface area contributed by atoms with Gasteiger partial charge >= 0.3 is 0 Å². The molecule has 1 amide bonds. The van der Waals surface area contributed by atoms with E-state index >= 15 is 0 Å². The molecular weight excluding hydrogens is 272 g/mol. The van der Waals surface area contributed by atoms with Crippen molar-refractivity contribution in [1.29, 1.82) is 0 Å². The summed E-state index contributed by atoms with van der Waals surface area (Å²) >= 11 is 1.50. The maximum absolute atomic E-state index is 11.7. The van der Waals surface area contributed by atoms with Gasteiger partial charge in [-0.3, -0.25) is 4.79 Å². The Bertz CT molecular complexity index is 625. The van der Waals surface area contributed by atoms with Crippen LogP contribution in [0.15, 0.2) is 46.6 Å². The standard InChI is InChI=1S/C14H14N4OS/c15-10-3-5-11(6-4-10)20-13-7-12(16-8-17-13)18-14(19)9-1-2-9/h3-9H,1-2,15H2,(H,16,17,18,19). The average molecular weight is 286 g/mol. The molecule has 0 unspecified atom stereocenters. The SMILES string of the molecule is Nc1ccc(Sc2cc(NC(=O)C3CC3)ncn2)cc1. The summed E-state index contributed by atoms with van der Waals surface area (Å²) in [6, 6.07) is 9.34. The minimum atomic E-state index is 0.0483. The Hall–Kier alpha value is -2.08. The number of benzene rings is 1. The highest BCUT2D eigenvalue weighted by Crippen LogP contribution is 2.31. The second kappa shape index (κ2) is 5.50. The molecule has 0 bridgehead atoms. The summed E-state index contributed by atoms with van der Waals surface area (Å²) < 4.78 is 0. The molecule has 1 saturated carbocycles. The number of rotatable bonds is 4. The number of carbonyl (C=O) groups is 1. The van der Waals surface area contributed by atoms with Crippen LogP contribution in [0.4, 0.5) is 11.5 Å². The predicted molar refractivity (Wildman–Crippen MR) is 78.4 cm³/mol. The summed E-state index contributed by atoms with van der Waals surface area (Å²) in [5.41, 5.74) is 6.38. The Morgan fingerprint density at radius 1 is 1.25 bits per heavy atom. The third kappa shape index (κ3) is 3.27. The molecule has 3 N–H and O–H groups in total. The number of nitrogens with one attached hydrogen (secondary N) is 1. The van der Waals surface area contributed by atoms with Crippen LogP contribution in [-0.2, 0) is 4.79 Å². The zero-order valence-electron chi connectivity index (χ0n) is 10.7. The fourth-order valence-corrected chi connectivity index (χ4v) is 2.48. The van der Waals surface area contributed by atoms with E-state index in [-0.39, 0.29) is 11.8 Å². The Labute approximate surface area is 121 Å². The van der Waals surface area contributed by atoms with E-state index in [1.54, 1.807) is 6.07 Å². The lowest BCUT2D eigenvalue weighted by atomic mass is 10.3. The molecule has 3 rings (SSSR count). The lowest BCUT2D eigenvalue weighted by Crippen LogP contribution is -2.14. The van der Waals surface area contributed by atoms with Crippen molar-refractivity contribution in [2.75, 3.05) is 11.1 Å². The third-order valence-corrected chi connectivity index (χ3v) is 3.88. The molecule has 6 heteroatoms. The number of nitrogen functional groups attached to an aromatic ring is 1. The quantitative estimate of drug-likeness (QED) is 0.667. The van der Waals surface area contributed by atoms with E-state index in [1.165, 1.54) is 18.1 Å². The van der Waals surface area contributed by atoms with Gasteiger partial charge in [-0.2, -0.15) is 0 Å². The van der Waals surface area contributed by atoms with Gasteiger partial charge in [0, 0.05) is 22.6 Å². The van der Waals surface area contributed by atoms with Crippen molar-refractivity contribution in [3.05, 3.63) is 36.7 Å². The molecule has 5 nitrogen and oxygen atoms in total. The number of anilines is 2. The van der Waals surface area contributed by atoms with Crippen LogP contribution in [0.25, 0.3) is 0 Å². The average Bonchev–Trinajstić information content (AvgIpc) is 3.26. The minimum Gasteiger partial charge on any atom is -0.399 e. The van der Waals surface area contributed by atoms with Crippen LogP contribution in [0.1, 0.15) is 12.8 Å². The number of amides is 1. The summed E-state index contributed by atoms with van der Waals surface area (Å²) in [5.74, 6) is 0.764. The highest BCUT2D eigenvalue weighted by molar-refractivity contribution is 7.99. The van der Waals surface area contributed by atoms with E-state index < -0.39 is 0 Å². The summed E-state index contributed by atoms with van der Waals surface area (Å²) in [6.07, 6.45) is 3.41. The number of nitrogens with two attached hydrogens (primary N) is 1. The molecule has 102 valence electrons. The normalized spacial score (nSPS) is 14.0. The first-order valence-corrected chi connectivity index (χ1v) is 7.19. The third-order valence-electron chi connectivity index (χ3n) is 2.94. The monoisotopic (exact) mass is 286 g/mol. The van der Waals surface area contributed by atoms with Crippen molar-refractivity contribution in [3.8, 4) is 0 Å². The van der Waals surface area contributed by atoms with Gasteiger partial charge in [0.25, 0.3) is 0 Å². The first-order chi connectivity index (χ1) is 9.70. The molecule has 0 spiro atoms. The molecular formula is C14H14N4OS. The van der Waals surface area contributed by atoms with Gasteiger partial charge in [0.05, 0.1) is 0 Å². The van der Waals surface area contributed by atoms with Gasteiger partial charge in [-0.15, -0.1) is 0 Å². The Kier molecular flexibility index (Phi) is 3.56. The van der Waals surface area contributed by atoms with E-state index in [9.17, 15) is 4.79 Å². The van der Waals surface area contributed by atoms with Gasteiger partial charge in [0.15, 0.2) is 0 Å². The van der Waals surface area contributed by atoms with Crippen LogP contribution in [-0.4, -0.2) is 15.9 Å². The highest BCUT2D eigenvalue weighted by atomic mass is 32.2. The van der Waals surface area contributed by atoms with E-state index in [0.717, 1.165) is 28.5 Å². The molecule has 0 radical (unpaired) electrons. The summed E-state index contributed by atoms with van der Waals surface area (Å²) in [4.78, 5) is 21.0. The van der Waals surface area contributed by atoms with E-state index in [0.29, 0.717) is 5.82 Å². The minimum absolute atomic E-state index is 0.0483. The van der Waals surface area contributed by atoms with E-state index in [4.69, 9.17) is 5.73 Å². The van der Waals surface area contributed by atoms with Gasteiger partial charge in [-0.1, -0.05) is 11.8 Å². The van der Waals surface area contributed by atoms with Crippen LogP contribution in [0.3, 0.4) is 0 Å². The van der Waals surface area contributed by atoms with Crippen LogP contribution in [0, 0.1) is 5.92 Å². The van der Waals surface area contributed by atoms with Gasteiger partial charge < -0.3 is 11.1 Å². The predicted octanol–water partition coefficient (Wildman–Crippen LogP) is 2.56. The van der Waals surface area contributed by atoms with Crippen molar-refractivity contribution in [2.24, 2.45) is 5.92 Å². The highest BCUT2D eigenvalue weighted by Gasteiger charge is 2.29. The lowest BCUT2D eigenvalue weighted by molar-refractivity contribution is -0.117. The van der Waals surface area contributed by atoms with Crippen LogP contribution >= 0.6 is 11.8 Å². The molecule has 1 aromatic carbocycles. The summed E-state index contributed by atoms with van der Waals surface area (Å²) in [7, 11) is 0. The molecule has 1 aromatic heterocycles. The maximum Gasteiger partial charge on any atom is 0.228 e. The fraction of sp³-hybridized carbons (Fsp3) is 0.214. The summed E-state index contributed by atoms with van der Waals surface area (Å²) in [6.45, 7) is 0. The van der Waals surface area contributed by atoms with Gasteiger partial charge in [0.2, 0.25) is 5.91 Å². The molecule has 0 aliphatic heterocycles. The molecule has 2 aromatic rings. The smallest absolute Gasteiger partial charge is 0.228 e. The van der Waals surface area contributed by atoms with Gasteiger partial charge in [-0.05, 0) is 37.1 Å².